The molecule has 3 aromatic carbocycles. The summed E-state index contributed by atoms with van der Waals surface area (Å²) in [5.41, 5.74) is 2.15. The van der Waals surface area contributed by atoms with Crippen LogP contribution >= 0.6 is 0 Å². The van der Waals surface area contributed by atoms with E-state index in [2.05, 4.69) is 11.9 Å². The number of allylic oxidation sites excluding steroid dienone is 1. The second-order valence-electron chi connectivity index (χ2n) is 8.12. The fraction of sp³-hybridized carbons (Fsp3) is 0.179. The maximum absolute atomic E-state index is 12.9. The largest absolute Gasteiger partial charge is 0.493 e. The summed E-state index contributed by atoms with van der Waals surface area (Å²) in [6, 6.07) is 19.7. The molecule has 1 aromatic heterocycles. The lowest BCUT2D eigenvalue weighted by atomic mass is 10.1. The number of amides is 1. The van der Waals surface area contributed by atoms with Crippen LogP contribution in [-0.4, -0.2) is 29.3 Å². The molecule has 0 saturated carbocycles. The maximum Gasteiger partial charge on any atom is 0.317 e. The first-order valence-corrected chi connectivity index (χ1v) is 11.4. The second kappa shape index (κ2) is 10.8. The Labute approximate surface area is 208 Å². The molecule has 0 saturated heterocycles. The number of benzene rings is 3. The monoisotopic (exact) mass is 485 g/mol. The van der Waals surface area contributed by atoms with Gasteiger partial charge in [-0.1, -0.05) is 42.5 Å². The third-order valence-corrected chi connectivity index (χ3v) is 5.93. The lowest BCUT2D eigenvalue weighted by Gasteiger charge is -2.14. The van der Waals surface area contributed by atoms with Crippen LogP contribution in [0.25, 0.3) is 11.0 Å². The van der Waals surface area contributed by atoms with Crippen molar-refractivity contribution in [2.75, 3.05) is 14.2 Å². The molecule has 4 rings (SSSR count). The highest BCUT2D eigenvalue weighted by Gasteiger charge is 2.14. The number of rotatable bonds is 9. The molecule has 1 amide bonds. The normalized spacial score (nSPS) is 10.7. The van der Waals surface area contributed by atoms with Crippen LogP contribution in [-0.2, 0) is 19.6 Å². The molecule has 8 nitrogen and oxygen atoms in total. The van der Waals surface area contributed by atoms with E-state index in [1.54, 1.807) is 56.7 Å². The molecule has 0 aliphatic heterocycles. The molecule has 0 radical (unpaired) electrons. The van der Waals surface area contributed by atoms with E-state index in [0.29, 0.717) is 28.1 Å². The quantitative estimate of drug-likeness (QED) is 0.290. The lowest BCUT2D eigenvalue weighted by Crippen LogP contribution is -2.41. The van der Waals surface area contributed by atoms with Gasteiger partial charge in [0.05, 0.1) is 31.8 Å². The number of carbonyl (C=O) groups is 1. The summed E-state index contributed by atoms with van der Waals surface area (Å²) >= 11 is 0. The van der Waals surface area contributed by atoms with Crippen LogP contribution in [0, 0.1) is 0 Å². The van der Waals surface area contributed by atoms with Crippen molar-refractivity contribution in [1.82, 2.24) is 14.5 Å². The summed E-state index contributed by atoms with van der Waals surface area (Å²) in [4.78, 5) is 38.3. The van der Waals surface area contributed by atoms with Gasteiger partial charge < -0.3 is 14.8 Å². The van der Waals surface area contributed by atoms with Crippen molar-refractivity contribution in [2.45, 2.75) is 19.6 Å². The van der Waals surface area contributed by atoms with Crippen molar-refractivity contribution in [1.29, 1.82) is 0 Å². The number of fused-ring (bicyclic) bond motifs is 1. The van der Waals surface area contributed by atoms with Gasteiger partial charge in [-0.3, -0.25) is 23.5 Å². The van der Waals surface area contributed by atoms with Crippen molar-refractivity contribution >= 4 is 16.9 Å². The Morgan fingerprint density at radius 1 is 0.889 bits per heavy atom. The van der Waals surface area contributed by atoms with Gasteiger partial charge in [0.25, 0.3) is 5.91 Å². The number of methoxy groups -OCH3 is 2. The van der Waals surface area contributed by atoms with Crippen LogP contribution in [0.2, 0.25) is 0 Å². The van der Waals surface area contributed by atoms with E-state index in [4.69, 9.17) is 9.47 Å². The summed E-state index contributed by atoms with van der Waals surface area (Å²) in [5.74, 6) is 0.915. The van der Waals surface area contributed by atoms with Gasteiger partial charge in [0, 0.05) is 24.2 Å². The van der Waals surface area contributed by atoms with Crippen LogP contribution in [0.3, 0.4) is 0 Å². The second-order valence-corrected chi connectivity index (χ2v) is 8.12. The molecule has 1 N–H and O–H groups in total. The number of para-hydroxylation sites is 3. The Bertz CT molecular complexity index is 1530. The fourth-order valence-electron chi connectivity index (χ4n) is 4.15. The predicted molar refractivity (Wildman–Crippen MR) is 139 cm³/mol. The molecule has 1 heterocycles. The molecule has 0 bridgehead atoms. The van der Waals surface area contributed by atoms with Gasteiger partial charge in [-0.2, -0.15) is 0 Å². The first-order chi connectivity index (χ1) is 17.5. The SMILES string of the molecule is C=CCn1c(=O)c(=O)n(Cc2ccc(C(=O)NCc3cccc(OC)c3OC)cc2)c2ccccc21. The number of nitrogens with one attached hydrogen (secondary N) is 1. The standard InChI is InChI=1S/C28H27N3O5/c1-4-16-30-22-9-5-6-10-23(22)31(28(34)27(30)33)18-19-12-14-20(15-13-19)26(32)29-17-21-8-7-11-24(35-2)25(21)36-3/h4-15H,1,16-18H2,2-3H3,(H,29,32). The van der Waals surface area contributed by atoms with Gasteiger partial charge in [-0.25, -0.2) is 0 Å². The Balaban J connectivity index is 1.54. The molecule has 0 unspecified atom stereocenters. The maximum atomic E-state index is 12.9. The van der Waals surface area contributed by atoms with Gasteiger partial charge in [0.2, 0.25) is 0 Å². The van der Waals surface area contributed by atoms with E-state index in [1.165, 1.54) is 9.13 Å². The smallest absolute Gasteiger partial charge is 0.317 e. The van der Waals surface area contributed by atoms with Crippen molar-refractivity contribution in [2.24, 2.45) is 0 Å². The van der Waals surface area contributed by atoms with Crippen LogP contribution in [0.15, 0.2) is 89.0 Å². The predicted octanol–water partition coefficient (Wildman–Crippen LogP) is 3.34. The molecule has 4 aromatic rings. The average Bonchev–Trinajstić information content (AvgIpc) is 2.92. The van der Waals surface area contributed by atoms with Gasteiger partial charge in [0.1, 0.15) is 0 Å². The molecule has 0 aliphatic rings. The van der Waals surface area contributed by atoms with E-state index >= 15 is 0 Å². The molecule has 0 atom stereocenters. The van der Waals surface area contributed by atoms with Crippen molar-refractivity contribution in [3.05, 3.63) is 117 Å². The van der Waals surface area contributed by atoms with Crippen LogP contribution < -0.4 is 25.9 Å². The Hall–Kier alpha value is -4.59. The number of hydrogen-bond donors (Lipinski definition) is 1. The molecular weight excluding hydrogens is 458 g/mol. The molecule has 36 heavy (non-hydrogen) atoms. The zero-order valence-corrected chi connectivity index (χ0v) is 20.2. The number of ether oxygens (including phenoxy) is 2. The van der Waals surface area contributed by atoms with Crippen LogP contribution in [0.4, 0.5) is 0 Å². The highest BCUT2D eigenvalue weighted by molar-refractivity contribution is 5.94. The number of nitrogens with zero attached hydrogens (tertiary/aromatic N) is 2. The number of carbonyl (C=O) groups excluding carboxylic acids is 1. The van der Waals surface area contributed by atoms with E-state index < -0.39 is 11.1 Å². The Kier molecular flexibility index (Phi) is 7.34. The summed E-state index contributed by atoms with van der Waals surface area (Å²) in [6.07, 6.45) is 1.59. The van der Waals surface area contributed by atoms with Crippen LogP contribution in [0.1, 0.15) is 21.5 Å². The zero-order valence-electron chi connectivity index (χ0n) is 20.2. The first kappa shape index (κ1) is 24.5. The minimum atomic E-state index is -0.607. The van der Waals surface area contributed by atoms with Gasteiger partial charge in [0.15, 0.2) is 11.5 Å². The molecular formula is C28H27N3O5. The Morgan fingerprint density at radius 2 is 1.56 bits per heavy atom. The van der Waals surface area contributed by atoms with Gasteiger partial charge >= 0.3 is 11.1 Å². The molecule has 184 valence electrons. The number of aromatic nitrogens is 2. The average molecular weight is 486 g/mol. The van der Waals surface area contributed by atoms with Crippen molar-refractivity contribution < 1.29 is 14.3 Å². The summed E-state index contributed by atoms with van der Waals surface area (Å²) in [7, 11) is 3.11. The van der Waals surface area contributed by atoms with Gasteiger partial charge in [-0.15, -0.1) is 6.58 Å². The number of hydrogen-bond acceptors (Lipinski definition) is 5. The van der Waals surface area contributed by atoms with E-state index in [-0.39, 0.29) is 25.5 Å². The summed E-state index contributed by atoms with van der Waals surface area (Å²) in [5, 5.41) is 2.89. The highest BCUT2D eigenvalue weighted by atomic mass is 16.5. The van der Waals surface area contributed by atoms with E-state index in [0.717, 1.165) is 11.1 Å². The molecule has 0 spiro atoms. The highest BCUT2D eigenvalue weighted by Crippen LogP contribution is 2.30. The topological polar surface area (TPSA) is 91.6 Å². The van der Waals surface area contributed by atoms with Gasteiger partial charge in [-0.05, 0) is 35.9 Å². The minimum absolute atomic E-state index is 0.201. The van der Waals surface area contributed by atoms with Crippen LogP contribution in [0.5, 0.6) is 11.5 Å². The molecule has 8 heteroatoms. The molecule has 0 aliphatic carbocycles. The zero-order chi connectivity index (χ0) is 25.7. The van der Waals surface area contributed by atoms with Crippen molar-refractivity contribution in [3.8, 4) is 11.5 Å². The molecule has 0 fully saturated rings. The third-order valence-electron chi connectivity index (χ3n) is 5.93. The Morgan fingerprint density at radius 3 is 2.19 bits per heavy atom. The van der Waals surface area contributed by atoms with Crippen molar-refractivity contribution in [3.63, 3.8) is 0 Å². The summed E-state index contributed by atoms with van der Waals surface area (Å²) in [6.45, 7) is 4.40. The summed E-state index contributed by atoms with van der Waals surface area (Å²) < 4.78 is 13.6. The third kappa shape index (κ3) is 4.79. The first-order valence-electron chi connectivity index (χ1n) is 11.4. The van der Waals surface area contributed by atoms with E-state index in [1.807, 2.05) is 30.3 Å². The minimum Gasteiger partial charge on any atom is -0.493 e. The lowest BCUT2D eigenvalue weighted by molar-refractivity contribution is 0.0950. The fourth-order valence-corrected chi connectivity index (χ4v) is 4.15. The van der Waals surface area contributed by atoms with E-state index in [9.17, 15) is 14.4 Å².